The Bertz CT molecular complexity index is 333. The van der Waals surface area contributed by atoms with E-state index < -0.39 is 11.1 Å². The number of carbonyl (C=O) groups excluding carboxylic acids is 2. The maximum atomic E-state index is 11.0. The molecule has 0 saturated carbocycles. The summed E-state index contributed by atoms with van der Waals surface area (Å²) in [6, 6.07) is 0. The molecule has 5 nitrogen and oxygen atoms in total. The molecule has 1 heterocycles. The highest BCUT2D eigenvalue weighted by atomic mass is 32.2. The summed E-state index contributed by atoms with van der Waals surface area (Å²) >= 11 is 0.774. The highest BCUT2D eigenvalue weighted by molar-refractivity contribution is 8.18. The van der Waals surface area contributed by atoms with Crippen LogP contribution in [0.4, 0.5) is 4.79 Å². The number of allylic oxidation sites excluding steroid dienone is 2. The maximum absolute atomic E-state index is 11.0. The summed E-state index contributed by atoms with van der Waals surface area (Å²) in [6.07, 6.45) is 3.80. The summed E-state index contributed by atoms with van der Waals surface area (Å²) in [4.78, 5) is 21.8. The second kappa shape index (κ2) is 3.90. The fourth-order valence-electron chi connectivity index (χ4n) is 0.714. The lowest BCUT2D eigenvalue weighted by molar-refractivity contribution is -0.115. The molecule has 0 bridgehead atoms. The molecule has 0 atom stereocenters. The highest BCUT2D eigenvalue weighted by Gasteiger charge is 2.24. The Labute approximate surface area is 78.6 Å². The smallest absolute Gasteiger partial charge is 0.290 e. The molecule has 1 saturated heterocycles. The lowest BCUT2D eigenvalue weighted by atomic mass is 10.3. The Kier molecular flexibility index (Phi) is 2.86. The largest absolute Gasteiger partial charge is 0.405 e. The molecule has 13 heavy (non-hydrogen) atoms. The number of carbonyl (C=O) groups is 2. The van der Waals surface area contributed by atoms with Crippen LogP contribution in [0.5, 0.6) is 0 Å². The fourth-order valence-corrected chi connectivity index (χ4v) is 1.39. The highest BCUT2D eigenvalue weighted by Crippen LogP contribution is 2.22. The number of thioether (sulfide) groups is 1. The minimum Gasteiger partial charge on any atom is -0.405 e. The fraction of sp³-hybridized carbons (Fsp3) is 0. The standard InChI is InChI=1S/C7H7N3O2S/c8-2-1-4(9)3-5-6(11)10-7(12)13-5/h1-3,9H,8H2,(H,10,11,12)/b2-1-,5-3-,9-4?. The van der Waals surface area contributed by atoms with E-state index >= 15 is 0 Å². The zero-order valence-corrected chi connectivity index (χ0v) is 7.35. The van der Waals surface area contributed by atoms with Crippen LogP contribution in [0, 0.1) is 5.41 Å². The summed E-state index contributed by atoms with van der Waals surface area (Å²) in [5.41, 5.74) is 5.12. The van der Waals surface area contributed by atoms with Crippen molar-refractivity contribution in [3.8, 4) is 0 Å². The first-order valence-electron chi connectivity index (χ1n) is 3.35. The van der Waals surface area contributed by atoms with E-state index in [-0.39, 0.29) is 10.6 Å². The van der Waals surface area contributed by atoms with Gasteiger partial charge in [0.2, 0.25) is 0 Å². The summed E-state index contributed by atoms with van der Waals surface area (Å²) in [6.45, 7) is 0. The monoisotopic (exact) mass is 197 g/mol. The van der Waals surface area contributed by atoms with Gasteiger partial charge in [0.25, 0.3) is 11.1 Å². The van der Waals surface area contributed by atoms with E-state index in [1.807, 2.05) is 0 Å². The first-order valence-corrected chi connectivity index (χ1v) is 4.17. The zero-order valence-electron chi connectivity index (χ0n) is 6.53. The van der Waals surface area contributed by atoms with Gasteiger partial charge in [0, 0.05) is 0 Å². The van der Waals surface area contributed by atoms with Crippen LogP contribution >= 0.6 is 11.8 Å². The van der Waals surface area contributed by atoms with Gasteiger partial charge in [-0.2, -0.15) is 0 Å². The predicted octanol–water partition coefficient (Wildman–Crippen LogP) is 0.345. The van der Waals surface area contributed by atoms with Crippen molar-refractivity contribution in [3.05, 3.63) is 23.3 Å². The van der Waals surface area contributed by atoms with E-state index in [2.05, 4.69) is 5.32 Å². The number of amides is 2. The molecule has 1 fully saturated rings. The quantitative estimate of drug-likeness (QED) is 0.439. The van der Waals surface area contributed by atoms with E-state index in [4.69, 9.17) is 11.1 Å². The van der Waals surface area contributed by atoms with Gasteiger partial charge >= 0.3 is 0 Å². The lowest BCUT2D eigenvalue weighted by Crippen LogP contribution is -2.18. The number of hydrogen-bond donors (Lipinski definition) is 3. The summed E-state index contributed by atoms with van der Waals surface area (Å²) in [5, 5.41) is 8.92. The predicted molar refractivity (Wildman–Crippen MR) is 50.3 cm³/mol. The number of imide groups is 1. The zero-order chi connectivity index (χ0) is 9.84. The van der Waals surface area contributed by atoms with Gasteiger partial charge in [-0.1, -0.05) is 0 Å². The molecule has 1 rings (SSSR count). The molecule has 1 aliphatic heterocycles. The molecule has 0 radical (unpaired) electrons. The van der Waals surface area contributed by atoms with Crippen molar-refractivity contribution in [1.82, 2.24) is 5.32 Å². The van der Waals surface area contributed by atoms with Gasteiger partial charge in [-0.05, 0) is 30.1 Å². The first kappa shape index (κ1) is 9.53. The van der Waals surface area contributed by atoms with Crippen LogP contribution in [-0.2, 0) is 4.79 Å². The van der Waals surface area contributed by atoms with Crippen molar-refractivity contribution in [2.45, 2.75) is 0 Å². The van der Waals surface area contributed by atoms with Gasteiger partial charge < -0.3 is 11.1 Å². The normalized spacial score (nSPS) is 19.8. The average Bonchev–Trinajstić information content (AvgIpc) is 2.30. The van der Waals surface area contributed by atoms with Gasteiger partial charge in [0.05, 0.1) is 10.6 Å². The van der Waals surface area contributed by atoms with Crippen LogP contribution in [-0.4, -0.2) is 16.9 Å². The maximum Gasteiger partial charge on any atom is 0.290 e. The molecule has 0 spiro atoms. The van der Waals surface area contributed by atoms with Gasteiger partial charge in [-0.3, -0.25) is 14.9 Å². The second-order valence-corrected chi connectivity index (χ2v) is 3.18. The van der Waals surface area contributed by atoms with Crippen molar-refractivity contribution < 1.29 is 9.59 Å². The molecule has 0 aliphatic carbocycles. The SMILES string of the molecule is N=C(/C=C\N)/C=C1\SC(=O)NC1=O. The van der Waals surface area contributed by atoms with Crippen molar-refractivity contribution in [2.75, 3.05) is 0 Å². The minimum absolute atomic E-state index is 0.0786. The molecule has 0 aromatic heterocycles. The van der Waals surface area contributed by atoms with Crippen LogP contribution in [0.2, 0.25) is 0 Å². The summed E-state index contributed by atoms with van der Waals surface area (Å²) in [5.74, 6) is -0.467. The number of nitrogens with two attached hydrogens (primary N) is 1. The van der Waals surface area contributed by atoms with E-state index in [1.54, 1.807) is 0 Å². The van der Waals surface area contributed by atoms with Crippen LogP contribution < -0.4 is 11.1 Å². The molecule has 0 aromatic carbocycles. The Morgan fingerprint density at radius 3 is 2.69 bits per heavy atom. The van der Waals surface area contributed by atoms with Crippen molar-refractivity contribution in [2.24, 2.45) is 5.73 Å². The molecule has 2 amide bonds. The molecule has 1 aliphatic rings. The molecule has 0 unspecified atom stereocenters. The summed E-state index contributed by atoms with van der Waals surface area (Å²) in [7, 11) is 0. The van der Waals surface area contributed by atoms with Crippen LogP contribution in [0.1, 0.15) is 0 Å². The second-order valence-electron chi connectivity index (χ2n) is 2.17. The Balaban J connectivity index is 2.77. The first-order chi connectivity index (χ1) is 6.13. The topological polar surface area (TPSA) is 96.0 Å². The lowest BCUT2D eigenvalue weighted by Gasteiger charge is -1.89. The average molecular weight is 197 g/mol. The number of rotatable bonds is 2. The van der Waals surface area contributed by atoms with E-state index in [0.29, 0.717) is 0 Å². The summed E-state index contributed by atoms with van der Waals surface area (Å²) < 4.78 is 0. The van der Waals surface area contributed by atoms with Crippen LogP contribution in [0.25, 0.3) is 0 Å². The van der Waals surface area contributed by atoms with Gasteiger partial charge in [-0.25, -0.2) is 0 Å². The van der Waals surface area contributed by atoms with Gasteiger partial charge in [-0.15, -0.1) is 0 Å². The Morgan fingerprint density at radius 1 is 1.54 bits per heavy atom. The van der Waals surface area contributed by atoms with Gasteiger partial charge in [0.1, 0.15) is 0 Å². The van der Waals surface area contributed by atoms with Gasteiger partial charge in [0.15, 0.2) is 0 Å². The Morgan fingerprint density at radius 2 is 2.23 bits per heavy atom. The third-order valence-corrected chi connectivity index (χ3v) is 2.02. The van der Waals surface area contributed by atoms with E-state index in [9.17, 15) is 9.59 Å². The van der Waals surface area contributed by atoms with Crippen LogP contribution in [0.15, 0.2) is 23.3 Å². The van der Waals surface area contributed by atoms with Crippen molar-refractivity contribution in [1.29, 1.82) is 5.41 Å². The van der Waals surface area contributed by atoms with Crippen molar-refractivity contribution >= 4 is 28.6 Å². The molecule has 6 heteroatoms. The van der Waals surface area contributed by atoms with E-state index in [0.717, 1.165) is 11.8 Å². The van der Waals surface area contributed by atoms with Crippen LogP contribution in [0.3, 0.4) is 0 Å². The Hall–Kier alpha value is -1.56. The number of nitrogens with one attached hydrogen (secondary N) is 2. The molecule has 68 valence electrons. The third kappa shape index (κ3) is 2.45. The molecule has 0 aromatic rings. The molecular formula is C7H7N3O2S. The van der Waals surface area contributed by atoms with E-state index in [1.165, 1.54) is 18.4 Å². The minimum atomic E-state index is -0.467. The number of hydrogen-bond acceptors (Lipinski definition) is 5. The van der Waals surface area contributed by atoms with Crippen molar-refractivity contribution in [3.63, 3.8) is 0 Å². The third-order valence-electron chi connectivity index (χ3n) is 1.20. The molecule has 4 N–H and O–H groups in total. The molecular weight excluding hydrogens is 190 g/mol.